The molecule has 2 aliphatic rings. The Morgan fingerprint density at radius 1 is 1.52 bits per heavy atom. The van der Waals surface area contributed by atoms with Gasteiger partial charge in [-0.1, -0.05) is 12.2 Å². The molecule has 2 heterocycles. The first-order valence-corrected chi connectivity index (χ1v) is 8.27. The zero-order valence-corrected chi connectivity index (χ0v) is 13.2. The molecule has 2 N–H and O–H groups in total. The Labute approximate surface area is 136 Å². The summed E-state index contributed by atoms with van der Waals surface area (Å²) < 4.78 is 10.7. The van der Waals surface area contributed by atoms with Gasteiger partial charge in [0.05, 0.1) is 25.5 Å². The second-order valence-electron chi connectivity index (χ2n) is 6.10. The summed E-state index contributed by atoms with van der Waals surface area (Å²) in [7, 11) is 0. The van der Waals surface area contributed by atoms with Crippen LogP contribution in [0.25, 0.3) is 0 Å². The number of morpholine rings is 1. The molecule has 0 spiro atoms. The van der Waals surface area contributed by atoms with Gasteiger partial charge in [0.1, 0.15) is 11.9 Å². The van der Waals surface area contributed by atoms with E-state index in [4.69, 9.17) is 9.15 Å². The van der Waals surface area contributed by atoms with Gasteiger partial charge < -0.3 is 24.5 Å². The van der Waals surface area contributed by atoms with Crippen LogP contribution in [0.15, 0.2) is 35.0 Å². The molecule has 1 aliphatic heterocycles. The highest BCUT2D eigenvalue weighted by molar-refractivity contribution is 5.75. The topological polar surface area (TPSA) is 74.9 Å². The predicted molar refractivity (Wildman–Crippen MR) is 84.9 cm³/mol. The minimum absolute atomic E-state index is 0.0819. The fourth-order valence-electron chi connectivity index (χ4n) is 3.15. The van der Waals surface area contributed by atoms with E-state index in [0.717, 1.165) is 19.3 Å². The average Bonchev–Trinajstić information content (AvgIpc) is 3.11. The van der Waals surface area contributed by atoms with Crippen molar-refractivity contribution in [1.82, 2.24) is 10.2 Å². The van der Waals surface area contributed by atoms with Crippen molar-refractivity contribution in [3.8, 4) is 0 Å². The predicted octanol–water partition coefficient (Wildman–Crippen LogP) is 2.22. The Morgan fingerprint density at radius 3 is 3.17 bits per heavy atom. The molecule has 3 atom stereocenters. The quantitative estimate of drug-likeness (QED) is 0.834. The van der Waals surface area contributed by atoms with E-state index in [0.29, 0.717) is 31.9 Å². The van der Waals surface area contributed by atoms with E-state index in [2.05, 4.69) is 17.5 Å². The van der Waals surface area contributed by atoms with E-state index >= 15 is 0 Å². The van der Waals surface area contributed by atoms with Crippen LogP contribution in [0.3, 0.4) is 0 Å². The lowest BCUT2D eigenvalue weighted by atomic mass is 10.0. The Balaban J connectivity index is 1.60. The molecule has 0 aromatic carbocycles. The maximum absolute atomic E-state index is 12.6. The van der Waals surface area contributed by atoms with Gasteiger partial charge in [-0.2, -0.15) is 0 Å². The Bertz CT molecular complexity index is 529. The maximum atomic E-state index is 12.6. The van der Waals surface area contributed by atoms with Crippen LogP contribution in [0.1, 0.15) is 37.5 Å². The Kier molecular flexibility index (Phi) is 5.35. The summed E-state index contributed by atoms with van der Waals surface area (Å²) in [4.78, 5) is 14.3. The molecule has 126 valence electrons. The highest BCUT2D eigenvalue weighted by Gasteiger charge is 2.31. The number of aliphatic hydroxyl groups excluding tert-OH is 1. The summed E-state index contributed by atoms with van der Waals surface area (Å²) in [5.41, 5.74) is 0. The molecule has 6 nitrogen and oxygen atoms in total. The number of nitrogens with one attached hydrogen (secondary N) is 1. The van der Waals surface area contributed by atoms with E-state index in [1.807, 2.05) is 0 Å². The molecular formula is C17H24N2O4. The lowest BCUT2D eigenvalue weighted by molar-refractivity contribution is -0.00999. The van der Waals surface area contributed by atoms with E-state index in [9.17, 15) is 9.90 Å². The maximum Gasteiger partial charge on any atom is 0.318 e. The number of rotatable bonds is 4. The van der Waals surface area contributed by atoms with Crippen molar-refractivity contribution < 1.29 is 19.1 Å². The number of carbonyl (C=O) groups excluding carboxylic acids is 1. The number of aliphatic hydroxyl groups is 1. The molecule has 1 saturated heterocycles. The van der Waals surface area contributed by atoms with Gasteiger partial charge in [-0.3, -0.25) is 0 Å². The molecule has 23 heavy (non-hydrogen) atoms. The first-order chi connectivity index (χ1) is 11.2. The molecule has 0 bridgehead atoms. The van der Waals surface area contributed by atoms with Crippen molar-refractivity contribution in [2.24, 2.45) is 0 Å². The molecule has 3 rings (SSSR count). The van der Waals surface area contributed by atoms with Gasteiger partial charge in [0, 0.05) is 19.0 Å². The molecular weight excluding hydrogens is 296 g/mol. The Morgan fingerprint density at radius 2 is 2.43 bits per heavy atom. The summed E-state index contributed by atoms with van der Waals surface area (Å²) >= 11 is 0. The molecule has 1 aromatic heterocycles. The average molecular weight is 320 g/mol. The Hall–Kier alpha value is -1.79. The third-order valence-corrected chi connectivity index (χ3v) is 4.42. The lowest BCUT2D eigenvalue weighted by Crippen LogP contribution is -2.54. The number of furan rings is 1. The van der Waals surface area contributed by atoms with Gasteiger partial charge in [-0.25, -0.2) is 4.79 Å². The van der Waals surface area contributed by atoms with Crippen LogP contribution in [-0.4, -0.2) is 47.9 Å². The van der Waals surface area contributed by atoms with Crippen LogP contribution in [-0.2, 0) is 4.74 Å². The van der Waals surface area contributed by atoms with Crippen molar-refractivity contribution in [3.05, 3.63) is 36.3 Å². The van der Waals surface area contributed by atoms with Crippen LogP contribution in [0.2, 0.25) is 0 Å². The number of nitrogens with zero attached hydrogens (tertiary/aromatic N) is 1. The van der Waals surface area contributed by atoms with Gasteiger partial charge in [-0.05, 0) is 31.4 Å². The largest absolute Gasteiger partial charge is 0.467 e. The van der Waals surface area contributed by atoms with E-state index in [-0.39, 0.29) is 18.1 Å². The van der Waals surface area contributed by atoms with Gasteiger partial charge in [0.15, 0.2) is 0 Å². The molecule has 1 fully saturated rings. The molecule has 1 aromatic rings. The van der Waals surface area contributed by atoms with Crippen molar-refractivity contribution in [1.29, 1.82) is 0 Å². The summed E-state index contributed by atoms with van der Waals surface area (Å²) in [5.74, 6) is 0.520. The minimum atomic E-state index is -0.735. The second kappa shape index (κ2) is 7.66. The van der Waals surface area contributed by atoms with Gasteiger partial charge in [-0.15, -0.1) is 0 Å². The number of ether oxygens (including phenoxy) is 1. The van der Waals surface area contributed by atoms with Crippen LogP contribution in [0.5, 0.6) is 0 Å². The highest BCUT2D eigenvalue weighted by Crippen LogP contribution is 2.23. The summed E-state index contributed by atoms with van der Waals surface area (Å²) in [5, 5.41) is 13.3. The van der Waals surface area contributed by atoms with E-state index in [1.165, 1.54) is 6.26 Å². The normalized spacial score (nSPS) is 26.0. The third-order valence-electron chi connectivity index (χ3n) is 4.42. The van der Waals surface area contributed by atoms with Crippen LogP contribution in [0.4, 0.5) is 4.79 Å². The first kappa shape index (κ1) is 16.1. The van der Waals surface area contributed by atoms with Gasteiger partial charge >= 0.3 is 6.03 Å². The summed E-state index contributed by atoms with van der Waals surface area (Å²) in [6.45, 7) is 1.50. The number of carbonyl (C=O) groups is 1. The minimum Gasteiger partial charge on any atom is -0.467 e. The van der Waals surface area contributed by atoms with Crippen molar-refractivity contribution in [2.75, 3.05) is 19.8 Å². The van der Waals surface area contributed by atoms with Crippen molar-refractivity contribution >= 4 is 6.03 Å². The number of urea groups is 1. The van der Waals surface area contributed by atoms with Crippen LogP contribution in [0, 0.1) is 0 Å². The van der Waals surface area contributed by atoms with Crippen LogP contribution < -0.4 is 5.32 Å². The first-order valence-electron chi connectivity index (χ1n) is 8.27. The van der Waals surface area contributed by atoms with E-state index in [1.54, 1.807) is 17.0 Å². The zero-order valence-electron chi connectivity index (χ0n) is 13.2. The van der Waals surface area contributed by atoms with Crippen LogP contribution >= 0.6 is 0 Å². The molecule has 6 heteroatoms. The lowest BCUT2D eigenvalue weighted by Gasteiger charge is -2.37. The standard InChI is InChI=1S/C17H24N2O4/c20-15(16-7-4-9-23-16)11-14-12-22-10-8-19(14)17(21)18-13-5-2-1-3-6-13/h2,4-5,7,9,13-15,20H,1,3,6,8,10-12H2,(H,18,21)/t13-,14+,15+/m1/s1. The van der Waals surface area contributed by atoms with Gasteiger partial charge in [0.25, 0.3) is 0 Å². The fourth-order valence-corrected chi connectivity index (χ4v) is 3.15. The number of amides is 2. The zero-order chi connectivity index (χ0) is 16.1. The fraction of sp³-hybridized carbons (Fsp3) is 0.588. The van der Waals surface area contributed by atoms with E-state index < -0.39 is 6.10 Å². The molecule has 2 amide bonds. The molecule has 0 unspecified atom stereocenters. The molecule has 0 radical (unpaired) electrons. The van der Waals surface area contributed by atoms with Crippen molar-refractivity contribution in [2.45, 2.75) is 43.9 Å². The number of allylic oxidation sites excluding steroid dienone is 1. The molecule has 1 aliphatic carbocycles. The number of hydrogen-bond acceptors (Lipinski definition) is 4. The van der Waals surface area contributed by atoms with Crippen molar-refractivity contribution in [3.63, 3.8) is 0 Å². The third kappa shape index (κ3) is 4.14. The summed E-state index contributed by atoms with van der Waals surface area (Å²) in [6.07, 6.45) is 8.55. The monoisotopic (exact) mass is 320 g/mol. The SMILES string of the molecule is O=C(N[C@@H]1C=CCCC1)N1CCOC[C@@H]1C[C@H](O)c1ccco1. The van der Waals surface area contributed by atoms with Gasteiger partial charge in [0.2, 0.25) is 0 Å². The number of hydrogen-bond donors (Lipinski definition) is 2. The second-order valence-corrected chi connectivity index (χ2v) is 6.10. The highest BCUT2D eigenvalue weighted by atomic mass is 16.5. The molecule has 0 saturated carbocycles. The smallest absolute Gasteiger partial charge is 0.318 e. The summed E-state index contributed by atoms with van der Waals surface area (Å²) in [6, 6.07) is 3.36.